The van der Waals surface area contributed by atoms with Crippen LogP contribution in [-0.2, 0) is 6.54 Å². The molecule has 0 saturated heterocycles. The molecule has 9 heteroatoms. The molecule has 0 saturated carbocycles. The molecule has 5 nitrogen and oxygen atoms in total. The van der Waals surface area contributed by atoms with Crippen LogP contribution in [0.4, 0.5) is 5.13 Å². The fourth-order valence-electron chi connectivity index (χ4n) is 3.03. The van der Waals surface area contributed by atoms with Crippen LogP contribution in [0.1, 0.15) is 21.5 Å². The van der Waals surface area contributed by atoms with E-state index in [0.717, 1.165) is 15.8 Å². The smallest absolute Gasteiger partial charge is 0.262 e. The van der Waals surface area contributed by atoms with Gasteiger partial charge in [0.05, 0.1) is 26.7 Å². The third-order valence-corrected chi connectivity index (χ3v) is 6.81. The molecule has 3 heterocycles. The zero-order chi connectivity index (χ0) is 19.8. The van der Waals surface area contributed by atoms with Crippen molar-refractivity contribution in [3.8, 4) is 0 Å². The molecule has 144 valence electrons. The first-order chi connectivity index (χ1) is 13.4. The normalized spacial score (nSPS) is 11.3. The molecule has 0 N–H and O–H groups in total. The summed E-state index contributed by atoms with van der Waals surface area (Å²) >= 11 is 15.0. The zero-order valence-corrected chi connectivity index (χ0v) is 18.3. The van der Waals surface area contributed by atoms with Gasteiger partial charge in [0.15, 0.2) is 5.13 Å². The highest BCUT2D eigenvalue weighted by molar-refractivity contribution is 7.22. The lowest BCUT2D eigenvalue weighted by molar-refractivity contribution is 0.0986. The fraction of sp³-hybridized carbons (Fsp3) is 0.211. The Hall–Kier alpha value is -1.93. The average molecular weight is 451 g/mol. The Morgan fingerprint density at radius 2 is 2.04 bits per heavy atom. The van der Waals surface area contributed by atoms with Crippen molar-refractivity contribution < 1.29 is 4.79 Å². The number of carbonyl (C=O) groups is 1. The molecule has 0 unspecified atom stereocenters. The lowest BCUT2D eigenvalue weighted by atomic mass is 10.1. The van der Waals surface area contributed by atoms with Gasteiger partial charge in [-0.2, -0.15) is 5.10 Å². The summed E-state index contributed by atoms with van der Waals surface area (Å²) < 4.78 is 3.70. The minimum atomic E-state index is -0.214. The predicted molar refractivity (Wildman–Crippen MR) is 117 cm³/mol. The largest absolute Gasteiger partial charge is 0.282 e. The number of rotatable bonds is 5. The van der Waals surface area contributed by atoms with E-state index in [2.05, 4.69) is 24.2 Å². The van der Waals surface area contributed by atoms with Crippen LogP contribution in [0.25, 0.3) is 10.2 Å². The Morgan fingerprint density at radius 3 is 2.71 bits per heavy atom. The van der Waals surface area contributed by atoms with Crippen molar-refractivity contribution in [2.45, 2.75) is 20.4 Å². The van der Waals surface area contributed by atoms with Gasteiger partial charge in [-0.05, 0) is 43.2 Å². The van der Waals surface area contributed by atoms with Crippen LogP contribution >= 0.6 is 45.9 Å². The minimum Gasteiger partial charge on any atom is -0.282 e. The molecule has 3 aromatic heterocycles. The Labute approximate surface area is 180 Å². The Kier molecular flexibility index (Phi) is 5.42. The number of amides is 1. The maximum Gasteiger partial charge on any atom is 0.262 e. The first-order valence-electron chi connectivity index (χ1n) is 8.54. The first kappa shape index (κ1) is 19.4. The van der Waals surface area contributed by atoms with Crippen molar-refractivity contribution in [2.75, 3.05) is 11.4 Å². The predicted octanol–water partition coefficient (Wildman–Crippen LogP) is 5.82. The van der Waals surface area contributed by atoms with E-state index < -0.39 is 0 Å². The molecule has 0 aliphatic rings. The molecule has 1 aromatic carbocycles. The fourth-order valence-corrected chi connectivity index (χ4v) is 5.64. The maximum absolute atomic E-state index is 13.3. The molecule has 1 amide bonds. The monoisotopic (exact) mass is 450 g/mol. The van der Waals surface area contributed by atoms with E-state index >= 15 is 0 Å². The van der Waals surface area contributed by atoms with Crippen molar-refractivity contribution in [3.05, 3.63) is 62.0 Å². The number of hydrogen-bond acceptors (Lipinski definition) is 5. The van der Waals surface area contributed by atoms with Crippen LogP contribution in [0.2, 0.25) is 8.67 Å². The molecule has 0 aliphatic heterocycles. The summed E-state index contributed by atoms with van der Waals surface area (Å²) in [4.78, 5) is 19.7. The Balaban J connectivity index is 1.74. The van der Waals surface area contributed by atoms with Crippen LogP contribution in [0.5, 0.6) is 0 Å². The highest BCUT2D eigenvalue weighted by Gasteiger charge is 2.25. The summed E-state index contributed by atoms with van der Waals surface area (Å²) in [6.07, 6.45) is 3.58. The highest BCUT2D eigenvalue weighted by Crippen LogP contribution is 2.36. The topological polar surface area (TPSA) is 51.0 Å². The lowest BCUT2D eigenvalue weighted by Crippen LogP contribution is -2.34. The molecule has 0 bridgehead atoms. The number of nitrogens with zero attached hydrogens (tertiary/aromatic N) is 4. The van der Waals surface area contributed by atoms with Crippen LogP contribution in [0.3, 0.4) is 0 Å². The summed E-state index contributed by atoms with van der Waals surface area (Å²) in [6.45, 7) is 5.05. The third kappa shape index (κ3) is 3.80. The number of halogens is 2. The molecule has 28 heavy (non-hydrogen) atoms. The van der Waals surface area contributed by atoms with Crippen molar-refractivity contribution in [1.82, 2.24) is 14.8 Å². The van der Waals surface area contributed by atoms with Crippen molar-refractivity contribution in [3.63, 3.8) is 0 Å². The van der Waals surface area contributed by atoms with Gasteiger partial charge in [0.1, 0.15) is 4.34 Å². The molecule has 0 radical (unpaired) electrons. The standard InChI is InChI=1S/C19H16Cl2N4OS2/c1-11-8-12(2)16-14(9-11)27-19(23-16)25(7-6-24-5-3-4-22-24)18(26)13-10-15(20)28-17(13)21/h3-5,8-10H,6-7H2,1-2H3. The van der Waals surface area contributed by atoms with E-state index in [1.165, 1.54) is 28.2 Å². The molecule has 0 aliphatic carbocycles. The summed E-state index contributed by atoms with van der Waals surface area (Å²) in [5.41, 5.74) is 3.57. The van der Waals surface area contributed by atoms with Gasteiger partial charge in [0.2, 0.25) is 0 Å². The van der Waals surface area contributed by atoms with Gasteiger partial charge in [-0.3, -0.25) is 14.4 Å². The molecule has 4 rings (SSSR count). The van der Waals surface area contributed by atoms with E-state index in [1.54, 1.807) is 21.8 Å². The van der Waals surface area contributed by atoms with Gasteiger partial charge in [-0.15, -0.1) is 11.3 Å². The second-order valence-corrected chi connectivity index (χ2v) is 9.68. The van der Waals surface area contributed by atoms with Gasteiger partial charge in [-0.25, -0.2) is 4.98 Å². The lowest BCUT2D eigenvalue weighted by Gasteiger charge is -2.19. The van der Waals surface area contributed by atoms with E-state index in [1.807, 2.05) is 19.2 Å². The number of benzene rings is 1. The van der Waals surface area contributed by atoms with Crippen molar-refractivity contribution >= 4 is 67.1 Å². The Morgan fingerprint density at radius 1 is 1.21 bits per heavy atom. The van der Waals surface area contributed by atoms with Crippen LogP contribution in [0, 0.1) is 13.8 Å². The summed E-state index contributed by atoms with van der Waals surface area (Å²) in [5.74, 6) is -0.214. The van der Waals surface area contributed by atoms with E-state index in [9.17, 15) is 4.79 Å². The molecular formula is C19H16Cl2N4OS2. The maximum atomic E-state index is 13.3. The van der Waals surface area contributed by atoms with E-state index in [0.29, 0.717) is 32.5 Å². The summed E-state index contributed by atoms with van der Waals surface area (Å²) in [6, 6.07) is 7.65. The number of aryl methyl sites for hydroxylation is 2. The van der Waals surface area contributed by atoms with Gasteiger partial charge in [0.25, 0.3) is 5.91 Å². The molecular weight excluding hydrogens is 435 g/mol. The van der Waals surface area contributed by atoms with Gasteiger partial charge in [-0.1, -0.05) is 40.6 Å². The van der Waals surface area contributed by atoms with Crippen molar-refractivity contribution in [1.29, 1.82) is 0 Å². The number of aromatic nitrogens is 3. The molecule has 0 fully saturated rings. The van der Waals surface area contributed by atoms with Crippen LogP contribution in [-0.4, -0.2) is 27.2 Å². The average Bonchev–Trinajstić information content (AvgIpc) is 3.35. The van der Waals surface area contributed by atoms with Gasteiger partial charge >= 0.3 is 0 Å². The second kappa shape index (κ2) is 7.83. The SMILES string of the molecule is Cc1cc(C)c2nc(N(CCn3cccn3)C(=O)c3cc(Cl)sc3Cl)sc2c1. The molecule has 0 spiro atoms. The number of hydrogen-bond donors (Lipinski definition) is 0. The molecule has 0 atom stereocenters. The van der Waals surface area contributed by atoms with E-state index in [-0.39, 0.29) is 5.91 Å². The number of carbonyl (C=O) groups excluding carboxylic acids is 1. The molecule has 4 aromatic rings. The highest BCUT2D eigenvalue weighted by atomic mass is 35.5. The van der Waals surface area contributed by atoms with E-state index in [4.69, 9.17) is 28.2 Å². The second-order valence-electron chi connectivity index (χ2n) is 6.39. The summed E-state index contributed by atoms with van der Waals surface area (Å²) in [7, 11) is 0. The third-order valence-electron chi connectivity index (χ3n) is 4.29. The minimum absolute atomic E-state index is 0.214. The first-order valence-corrected chi connectivity index (χ1v) is 10.9. The van der Waals surface area contributed by atoms with Gasteiger partial charge in [0, 0.05) is 18.9 Å². The number of thiazole rings is 1. The van der Waals surface area contributed by atoms with Crippen LogP contribution < -0.4 is 4.90 Å². The summed E-state index contributed by atoms with van der Waals surface area (Å²) in [5, 5.41) is 4.86. The van der Waals surface area contributed by atoms with Crippen molar-refractivity contribution in [2.24, 2.45) is 0 Å². The number of fused-ring (bicyclic) bond motifs is 1. The number of anilines is 1. The number of thiophene rings is 1. The van der Waals surface area contributed by atoms with Crippen LogP contribution in [0.15, 0.2) is 36.7 Å². The quantitative estimate of drug-likeness (QED) is 0.384. The zero-order valence-electron chi connectivity index (χ0n) is 15.1. The Bertz CT molecular complexity index is 1150. The van der Waals surface area contributed by atoms with Gasteiger partial charge < -0.3 is 0 Å².